The smallest absolute Gasteiger partial charge is 0.0974 e. The van der Waals surface area contributed by atoms with E-state index in [4.69, 9.17) is 29.9 Å². The maximum absolute atomic E-state index is 5.90. The van der Waals surface area contributed by atoms with Gasteiger partial charge < -0.3 is 0 Å². The molecule has 0 bridgehead atoms. The van der Waals surface area contributed by atoms with Crippen LogP contribution in [-0.4, -0.2) is 29.9 Å². The lowest BCUT2D eigenvalue weighted by atomic mass is 9.81. The van der Waals surface area contributed by atoms with Gasteiger partial charge in [0.1, 0.15) is 0 Å². The van der Waals surface area contributed by atoms with Gasteiger partial charge in [0.2, 0.25) is 0 Å². The van der Waals surface area contributed by atoms with Crippen molar-refractivity contribution in [3.63, 3.8) is 0 Å². The monoisotopic (exact) mass is 1280 g/mol. The number of aryl methyl sites for hydroxylation is 2. The van der Waals surface area contributed by atoms with E-state index in [1.807, 2.05) is 12.1 Å². The molecule has 18 rings (SSSR count). The van der Waals surface area contributed by atoms with E-state index in [1.54, 1.807) is 0 Å². The lowest BCUT2D eigenvalue weighted by Gasteiger charge is -2.25. The standard InChI is InChI=1S/C94H64N6/c1-8-29-63(30-9-1)83-55-75(56-84(95-83)64-31-10-2-11-32-64)91-89(68-39-18-6-19-40-68)100-92(90(99-91)69-41-20-7-21-42-69)76-57-85(65-33-12-3-13-34-65)96-86(58-76)71-44-26-43-70(51-71)72-52-73(81-59-87(66-35-14-4-15-36-66)97-93-77-45-24-22-27-61(77)47-49-79(81)93)54-74(53-72)82-60-88(67-37-16-5-17-38-67)98-94-78-46-25-23-28-62(78)48-50-80(82)94/h1-46,51-60H,47-50H2. The number of benzene rings is 11. The summed E-state index contributed by atoms with van der Waals surface area (Å²) in [4.78, 5) is 33.8. The second-order valence-electron chi connectivity index (χ2n) is 25.9. The molecule has 0 N–H and O–H groups in total. The number of fused-ring (bicyclic) bond motifs is 6. The number of rotatable bonds is 13. The molecule has 11 aromatic carbocycles. The Hall–Kier alpha value is -12.9. The number of aromatic nitrogens is 6. The summed E-state index contributed by atoms with van der Waals surface area (Å²) < 4.78 is 0. The van der Waals surface area contributed by atoms with Crippen molar-refractivity contribution in [1.82, 2.24) is 29.9 Å². The van der Waals surface area contributed by atoms with Crippen LogP contribution in [0.4, 0.5) is 0 Å². The first-order chi connectivity index (χ1) is 49.5. The molecule has 0 spiro atoms. The number of nitrogens with zero attached hydrogens (tertiary/aromatic N) is 6. The van der Waals surface area contributed by atoms with Gasteiger partial charge in [-0.25, -0.2) is 29.9 Å². The molecule has 2 aliphatic carbocycles. The van der Waals surface area contributed by atoms with Gasteiger partial charge in [0.25, 0.3) is 0 Å². The Kier molecular flexibility index (Phi) is 15.4. The van der Waals surface area contributed by atoms with Crippen LogP contribution in [0.3, 0.4) is 0 Å². The summed E-state index contributed by atoms with van der Waals surface area (Å²) >= 11 is 0. The third kappa shape index (κ3) is 11.5. The number of pyridine rings is 4. The van der Waals surface area contributed by atoms with Crippen molar-refractivity contribution in [2.75, 3.05) is 0 Å². The molecule has 0 saturated carbocycles. The lowest BCUT2D eigenvalue weighted by molar-refractivity contribution is 0.929. The molecule has 6 heteroatoms. The molecule has 5 heterocycles. The van der Waals surface area contributed by atoms with Crippen LogP contribution in [-0.2, 0) is 25.7 Å². The molecule has 0 unspecified atom stereocenters. The Morgan fingerprint density at radius 3 is 0.810 bits per heavy atom. The Labute approximate surface area is 582 Å². The van der Waals surface area contributed by atoms with E-state index >= 15 is 0 Å². The normalized spacial score (nSPS) is 12.0. The fraction of sp³-hybridized carbons (Fsp3) is 0.0426. The summed E-state index contributed by atoms with van der Waals surface area (Å²) in [5.41, 5.74) is 34.4. The molecular formula is C94H64N6. The molecule has 2 aliphatic rings. The molecular weight excluding hydrogens is 1210 g/mol. The van der Waals surface area contributed by atoms with Crippen molar-refractivity contribution in [3.8, 4) is 168 Å². The van der Waals surface area contributed by atoms with Gasteiger partial charge in [-0.15, -0.1) is 0 Å². The zero-order chi connectivity index (χ0) is 66.3. The third-order valence-electron chi connectivity index (χ3n) is 19.7. The van der Waals surface area contributed by atoms with E-state index in [1.165, 1.54) is 44.5 Å². The molecule has 0 amide bonds. The summed E-state index contributed by atoms with van der Waals surface area (Å²) in [6.07, 6.45) is 3.59. The Bertz CT molecular complexity index is 5530. The zero-order valence-corrected chi connectivity index (χ0v) is 54.8. The van der Waals surface area contributed by atoms with Gasteiger partial charge in [0.15, 0.2) is 0 Å². The van der Waals surface area contributed by atoms with Gasteiger partial charge in [0.05, 0.1) is 68.3 Å². The summed E-state index contributed by atoms with van der Waals surface area (Å²) in [6.45, 7) is 0. The van der Waals surface area contributed by atoms with Crippen LogP contribution in [0.2, 0.25) is 0 Å². The van der Waals surface area contributed by atoms with Gasteiger partial charge in [0, 0.05) is 66.8 Å². The molecule has 0 saturated heterocycles. The summed E-state index contributed by atoms with van der Waals surface area (Å²) in [5, 5.41) is 0. The van der Waals surface area contributed by atoms with Gasteiger partial charge in [-0.1, -0.05) is 279 Å². The highest BCUT2D eigenvalue weighted by Gasteiger charge is 2.28. The first-order valence-corrected chi connectivity index (χ1v) is 34.4. The van der Waals surface area contributed by atoms with E-state index in [-0.39, 0.29) is 0 Å². The second kappa shape index (κ2) is 25.9. The van der Waals surface area contributed by atoms with E-state index in [0.29, 0.717) is 0 Å². The molecule has 100 heavy (non-hydrogen) atoms. The number of hydrogen-bond donors (Lipinski definition) is 0. The molecule has 470 valence electrons. The topological polar surface area (TPSA) is 77.3 Å². The van der Waals surface area contributed by atoms with E-state index < -0.39 is 0 Å². The fourth-order valence-corrected chi connectivity index (χ4v) is 14.7. The average molecular weight is 1280 g/mol. The van der Waals surface area contributed by atoms with Crippen LogP contribution < -0.4 is 0 Å². The Morgan fingerprint density at radius 1 is 0.150 bits per heavy atom. The average Bonchev–Trinajstić information content (AvgIpc) is 0.756. The van der Waals surface area contributed by atoms with Crippen LogP contribution in [0.1, 0.15) is 22.3 Å². The molecule has 5 aromatic heterocycles. The lowest BCUT2D eigenvalue weighted by Crippen LogP contribution is -2.09. The SMILES string of the molecule is c1ccc(-c2cc(-c3nc(-c4ccccc4)c(-c4cc(-c5ccccc5)nc(-c5cccc(-c6cc(-c7cc(-c8ccccc8)nc8c7CCc7ccccc7-8)cc(-c7cc(-c8ccccc8)nc8c7CCc7ccccc7-8)c6)c5)c4)nc3-c3ccccc3)cc(-c3ccccc3)n2)cc1. The summed E-state index contributed by atoms with van der Waals surface area (Å²) in [5.74, 6) is 0. The minimum absolute atomic E-state index is 0.736. The van der Waals surface area contributed by atoms with Gasteiger partial charge in [-0.2, -0.15) is 0 Å². The van der Waals surface area contributed by atoms with Crippen LogP contribution in [0, 0.1) is 0 Å². The van der Waals surface area contributed by atoms with E-state index in [2.05, 4.69) is 328 Å². The highest BCUT2D eigenvalue weighted by Crippen LogP contribution is 2.47. The van der Waals surface area contributed by atoms with Crippen LogP contribution >= 0.6 is 0 Å². The first kappa shape index (κ1) is 59.6. The van der Waals surface area contributed by atoms with Crippen molar-refractivity contribution < 1.29 is 0 Å². The molecule has 0 aliphatic heterocycles. The van der Waals surface area contributed by atoms with Crippen LogP contribution in [0.15, 0.2) is 340 Å². The first-order valence-electron chi connectivity index (χ1n) is 34.4. The molecule has 6 nitrogen and oxygen atoms in total. The van der Waals surface area contributed by atoms with E-state index in [0.717, 1.165) is 172 Å². The summed E-state index contributed by atoms with van der Waals surface area (Å²) in [6, 6.07) is 121. The maximum Gasteiger partial charge on any atom is 0.0974 e. The van der Waals surface area contributed by atoms with Crippen molar-refractivity contribution >= 4 is 0 Å². The quantitative estimate of drug-likeness (QED) is 0.114. The molecule has 0 radical (unpaired) electrons. The van der Waals surface area contributed by atoms with Crippen LogP contribution in [0.5, 0.6) is 0 Å². The third-order valence-corrected chi connectivity index (χ3v) is 19.7. The predicted octanol–water partition coefficient (Wildman–Crippen LogP) is 23.3. The zero-order valence-electron chi connectivity index (χ0n) is 54.8. The van der Waals surface area contributed by atoms with Crippen molar-refractivity contribution in [2.24, 2.45) is 0 Å². The molecule has 16 aromatic rings. The van der Waals surface area contributed by atoms with Gasteiger partial charge >= 0.3 is 0 Å². The largest absolute Gasteiger partial charge is 0.248 e. The van der Waals surface area contributed by atoms with Crippen molar-refractivity contribution in [1.29, 1.82) is 0 Å². The molecule has 0 fully saturated rings. The number of hydrogen-bond acceptors (Lipinski definition) is 6. The van der Waals surface area contributed by atoms with Gasteiger partial charge in [-0.05, 0) is 142 Å². The maximum atomic E-state index is 5.90. The molecule has 0 atom stereocenters. The predicted molar refractivity (Wildman–Crippen MR) is 410 cm³/mol. The second-order valence-corrected chi connectivity index (χ2v) is 25.9. The van der Waals surface area contributed by atoms with Gasteiger partial charge in [-0.3, -0.25) is 0 Å². The van der Waals surface area contributed by atoms with Crippen molar-refractivity contribution in [3.05, 3.63) is 362 Å². The summed E-state index contributed by atoms with van der Waals surface area (Å²) in [7, 11) is 0. The minimum Gasteiger partial charge on any atom is -0.248 e. The van der Waals surface area contributed by atoms with Crippen molar-refractivity contribution in [2.45, 2.75) is 25.7 Å². The highest BCUT2D eigenvalue weighted by molar-refractivity contribution is 5.94. The van der Waals surface area contributed by atoms with Crippen LogP contribution in [0.25, 0.3) is 168 Å². The Morgan fingerprint density at radius 2 is 0.430 bits per heavy atom. The fourth-order valence-electron chi connectivity index (χ4n) is 14.7. The minimum atomic E-state index is 0.736. The highest BCUT2D eigenvalue weighted by atomic mass is 14.9. The Balaban J connectivity index is 0.856. The van der Waals surface area contributed by atoms with E-state index in [9.17, 15) is 0 Å².